The van der Waals surface area contributed by atoms with Crippen LogP contribution in [0.25, 0.3) is 22.4 Å². The van der Waals surface area contributed by atoms with Crippen LogP contribution in [0, 0.1) is 5.82 Å². The summed E-state index contributed by atoms with van der Waals surface area (Å²) in [5.41, 5.74) is 4.55. The maximum atomic E-state index is 13.4. The maximum Gasteiger partial charge on any atom is 0.161 e. The average Bonchev–Trinajstić information content (AvgIpc) is 3.24. The molecule has 3 aromatic heterocycles. The second-order valence-corrected chi connectivity index (χ2v) is 10.1. The zero-order valence-corrected chi connectivity index (χ0v) is 20.3. The highest BCUT2D eigenvalue weighted by molar-refractivity contribution is 7.81. The number of nitrogens with zero attached hydrogens (tertiary/aromatic N) is 4. The van der Waals surface area contributed by atoms with Gasteiger partial charge in [0, 0.05) is 49.4 Å². The molecule has 5 rings (SSSR count). The molecule has 0 bridgehead atoms. The van der Waals surface area contributed by atoms with Crippen LogP contribution in [-0.2, 0) is 0 Å². The van der Waals surface area contributed by atoms with Crippen molar-refractivity contribution < 1.29 is 4.39 Å². The fraction of sp³-hybridized carbons (Fsp3) is 0.320. The highest BCUT2D eigenvalue weighted by atomic mass is 32.1. The molecule has 176 valence electrons. The van der Waals surface area contributed by atoms with Gasteiger partial charge in [-0.25, -0.2) is 19.3 Å². The van der Waals surface area contributed by atoms with Crippen molar-refractivity contribution in [2.45, 2.75) is 31.6 Å². The van der Waals surface area contributed by atoms with Crippen LogP contribution in [0.2, 0.25) is 0 Å². The van der Waals surface area contributed by atoms with E-state index >= 15 is 0 Å². The summed E-state index contributed by atoms with van der Waals surface area (Å²) in [6, 6.07) is 8.19. The lowest BCUT2D eigenvalue weighted by Crippen LogP contribution is -2.55. The topological polar surface area (TPSA) is 81.8 Å². The molecule has 0 aliphatic carbocycles. The van der Waals surface area contributed by atoms with Crippen molar-refractivity contribution in [2.75, 3.05) is 29.9 Å². The van der Waals surface area contributed by atoms with Gasteiger partial charge in [-0.15, -0.1) is 0 Å². The van der Waals surface area contributed by atoms with E-state index in [9.17, 15) is 4.39 Å². The first-order valence-electron chi connectivity index (χ1n) is 11.4. The minimum absolute atomic E-state index is 0.214. The zero-order valence-electron chi connectivity index (χ0n) is 19.4. The summed E-state index contributed by atoms with van der Waals surface area (Å²) in [4.78, 5) is 19.3. The third-order valence-corrected chi connectivity index (χ3v) is 6.37. The van der Waals surface area contributed by atoms with Gasteiger partial charge in [0.25, 0.3) is 0 Å². The standard InChI is InChI=1S/C25H28FN7S/c1-15(2)18-12-28-22(16-4-6-17(26)7-5-16)32-23(18)31-19-8-9-27-24-21(19)20(13-29-24)33-11-10-30-25(3,34)14-33/h4-9,12-13,15,30,34H,10-11,14H2,1-3H3,(H2,27,28,29,31,32)/t25-/m1/s1. The number of hydrogen-bond donors (Lipinski definition) is 4. The van der Waals surface area contributed by atoms with E-state index in [2.05, 4.69) is 51.3 Å². The van der Waals surface area contributed by atoms with Gasteiger partial charge in [-0.05, 0) is 43.2 Å². The minimum atomic E-state index is -0.287. The number of thiol groups is 1. The van der Waals surface area contributed by atoms with Crippen molar-refractivity contribution in [2.24, 2.45) is 0 Å². The Kier molecular flexibility index (Phi) is 5.91. The second kappa shape index (κ2) is 8.88. The predicted molar refractivity (Wildman–Crippen MR) is 138 cm³/mol. The van der Waals surface area contributed by atoms with Crippen LogP contribution in [0.4, 0.5) is 21.6 Å². The van der Waals surface area contributed by atoms with E-state index in [1.807, 2.05) is 18.5 Å². The number of hydrogen-bond acceptors (Lipinski definition) is 7. The number of halogens is 1. The number of nitrogens with one attached hydrogen (secondary N) is 3. The lowest BCUT2D eigenvalue weighted by Gasteiger charge is -2.39. The van der Waals surface area contributed by atoms with Gasteiger partial charge < -0.3 is 15.2 Å². The van der Waals surface area contributed by atoms with Crippen LogP contribution < -0.4 is 15.5 Å². The van der Waals surface area contributed by atoms with Gasteiger partial charge in [0.15, 0.2) is 5.82 Å². The molecule has 0 saturated carbocycles. The molecule has 0 spiro atoms. The molecular weight excluding hydrogens is 449 g/mol. The first-order valence-corrected chi connectivity index (χ1v) is 11.8. The average molecular weight is 478 g/mol. The number of H-pyrrole nitrogens is 1. The first kappa shape index (κ1) is 22.6. The maximum absolute atomic E-state index is 13.4. The van der Waals surface area contributed by atoms with E-state index in [4.69, 9.17) is 17.6 Å². The summed E-state index contributed by atoms with van der Waals surface area (Å²) in [6.07, 6.45) is 5.63. The van der Waals surface area contributed by atoms with Crippen LogP contribution in [0.5, 0.6) is 0 Å². The summed E-state index contributed by atoms with van der Waals surface area (Å²) in [6.45, 7) is 8.79. The Bertz CT molecular complexity index is 1320. The molecule has 0 amide bonds. The molecule has 1 fully saturated rings. The van der Waals surface area contributed by atoms with Gasteiger partial charge in [-0.1, -0.05) is 13.8 Å². The molecule has 0 unspecified atom stereocenters. The molecule has 4 heterocycles. The van der Waals surface area contributed by atoms with Gasteiger partial charge in [-0.3, -0.25) is 5.32 Å². The zero-order chi connectivity index (χ0) is 23.9. The molecule has 3 N–H and O–H groups in total. The lowest BCUT2D eigenvalue weighted by atomic mass is 10.1. The summed E-state index contributed by atoms with van der Waals surface area (Å²) >= 11 is 4.76. The van der Waals surface area contributed by atoms with Crippen LogP contribution in [0.3, 0.4) is 0 Å². The number of fused-ring (bicyclic) bond motifs is 1. The molecule has 1 aromatic carbocycles. The van der Waals surface area contributed by atoms with Gasteiger partial charge in [0.1, 0.15) is 17.3 Å². The van der Waals surface area contributed by atoms with Gasteiger partial charge in [-0.2, -0.15) is 12.6 Å². The summed E-state index contributed by atoms with van der Waals surface area (Å²) in [5, 5.41) is 8.00. The quantitative estimate of drug-likeness (QED) is 0.300. The lowest BCUT2D eigenvalue weighted by molar-refractivity contribution is 0.450. The van der Waals surface area contributed by atoms with Crippen molar-refractivity contribution in [3.05, 3.63) is 60.3 Å². The molecule has 1 aliphatic rings. The van der Waals surface area contributed by atoms with E-state index in [1.54, 1.807) is 18.3 Å². The number of rotatable bonds is 5. The smallest absolute Gasteiger partial charge is 0.161 e. The van der Waals surface area contributed by atoms with Crippen LogP contribution in [0.15, 0.2) is 48.9 Å². The van der Waals surface area contributed by atoms with E-state index in [0.29, 0.717) is 5.82 Å². The van der Waals surface area contributed by atoms with Gasteiger partial charge >= 0.3 is 0 Å². The van der Waals surface area contributed by atoms with Gasteiger partial charge in [0.2, 0.25) is 0 Å². The molecule has 7 nitrogen and oxygen atoms in total. The monoisotopic (exact) mass is 477 g/mol. The number of aromatic nitrogens is 4. The fourth-order valence-corrected chi connectivity index (χ4v) is 4.63. The summed E-state index contributed by atoms with van der Waals surface area (Å²) in [7, 11) is 0. The van der Waals surface area contributed by atoms with Crippen molar-refractivity contribution in [1.82, 2.24) is 25.3 Å². The highest BCUT2D eigenvalue weighted by Crippen LogP contribution is 2.36. The molecular formula is C25H28FN7S. The van der Waals surface area contributed by atoms with Gasteiger partial charge in [0.05, 0.1) is 21.6 Å². The fourth-order valence-electron chi connectivity index (χ4n) is 4.34. The van der Waals surface area contributed by atoms with Crippen LogP contribution >= 0.6 is 12.6 Å². The molecule has 1 saturated heterocycles. The highest BCUT2D eigenvalue weighted by Gasteiger charge is 2.29. The SMILES string of the molecule is CC(C)c1cnc(-c2ccc(F)cc2)nc1Nc1ccnc2[nH]cc(N3CCN[C@](C)(S)C3)c12. The Morgan fingerprint density at radius 1 is 1.18 bits per heavy atom. The number of piperazine rings is 1. The Morgan fingerprint density at radius 2 is 1.97 bits per heavy atom. The third-order valence-electron chi connectivity index (χ3n) is 6.07. The molecule has 9 heteroatoms. The minimum Gasteiger partial charge on any atom is -0.366 e. The van der Waals surface area contributed by atoms with Crippen molar-refractivity contribution >= 4 is 40.9 Å². The molecule has 0 radical (unpaired) electrons. The Labute approximate surface area is 203 Å². The third kappa shape index (κ3) is 4.45. The molecule has 34 heavy (non-hydrogen) atoms. The molecule has 4 aromatic rings. The number of anilines is 3. The normalized spacial score (nSPS) is 18.6. The van der Waals surface area contributed by atoms with Crippen molar-refractivity contribution in [1.29, 1.82) is 0 Å². The second-order valence-electron chi connectivity index (χ2n) is 9.16. The van der Waals surface area contributed by atoms with E-state index in [-0.39, 0.29) is 16.6 Å². The van der Waals surface area contributed by atoms with Crippen LogP contribution in [-0.4, -0.2) is 44.4 Å². The Hall–Kier alpha value is -3.17. The predicted octanol–water partition coefficient (Wildman–Crippen LogP) is 5.08. The van der Waals surface area contributed by atoms with E-state index < -0.39 is 0 Å². The van der Waals surface area contributed by atoms with E-state index in [1.165, 1.54) is 12.1 Å². The Balaban J connectivity index is 1.57. The number of benzene rings is 1. The summed E-state index contributed by atoms with van der Waals surface area (Å²) < 4.78 is 13.4. The number of aromatic amines is 1. The van der Waals surface area contributed by atoms with E-state index in [0.717, 1.165) is 59.0 Å². The van der Waals surface area contributed by atoms with Crippen molar-refractivity contribution in [3.63, 3.8) is 0 Å². The van der Waals surface area contributed by atoms with Crippen LogP contribution in [0.1, 0.15) is 32.3 Å². The summed E-state index contributed by atoms with van der Waals surface area (Å²) in [5.74, 6) is 1.19. The molecule has 1 atom stereocenters. The number of pyridine rings is 1. The largest absolute Gasteiger partial charge is 0.366 e. The first-order chi connectivity index (χ1) is 16.3. The Morgan fingerprint density at radius 3 is 2.71 bits per heavy atom. The molecule has 1 aliphatic heterocycles. The van der Waals surface area contributed by atoms with Crippen molar-refractivity contribution in [3.8, 4) is 11.4 Å².